The van der Waals surface area contributed by atoms with E-state index in [4.69, 9.17) is 0 Å². The zero-order valence-electron chi connectivity index (χ0n) is 14.2. The Hall–Kier alpha value is -3.18. The van der Waals surface area contributed by atoms with Crippen molar-refractivity contribution in [2.45, 2.75) is 13.8 Å². The van der Waals surface area contributed by atoms with E-state index < -0.39 is 0 Å². The number of rotatable bonds is 4. The smallest absolute Gasteiger partial charge is 0.284 e. The van der Waals surface area contributed by atoms with Gasteiger partial charge in [-0.15, -0.1) is 11.3 Å². The molecule has 136 valence electrons. The number of carbonyl (C=O) groups excluding carboxylic acids is 2. The van der Waals surface area contributed by atoms with E-state index >= 15 is 0 Å². The Labute approximate surface area is 160 Å². The van der Waals surface area contributed by atoms with Crippen LogP contribution in [0.4, 0.5) is 10.8 Å². The number of anilines is 2. The number of amides is 2. The third kappa shape index (κ3) is 3.55. The first-order valence-electron chi connectivity index (χ1n) is 7.82. The molecule has 0 fully saturated rings. The molecule has 0 aliphatic heterocycles. The predicted molar refractivity (Wildman–Crippen MR) is 104 cm³/mol. The van der Waals surface area contributed by atoms with E-state index in [9.17, 15) is 9.59 Å². The van der Waals surface area contributed by atoms with Gasteiger partial charge >= 0.3 is 0 Å². The monoisotopic (exact) mass is 399 g/mol. The largest absolute Gasteiger partial charge is 0.320 e. The number of H-pyrrole nitrogens is 1. The van der Waals surface area contributed by atoms with E-state index in [1.807, 2.05) is 6.92 Å². The van der Waals surface area contributed by atoms with Gasteiger partial charge in [-0.25, -0.2) is 9.97 Å². The van der Waals surface area contributed by atoms with Gasteiger partial charge in [0.25, 0.3) is 5.91 Å². The Morgan fingerprint density at radius 3 is 2.74 bits per heavy atom. The number of hydrogen-bond donors (Lipinski definition) is 3. The maximum Gasteiger partial charge on any atom is 0.284 e. The molecule has 27 heavy (non-hydrogen) atoms. The molecule has 0 saturated heterocycles. The number of nitrogens with zero attached hydrogens (tertiary/aromatic N) is 4. The molecule has 4 rings (SSSR count). The van der Waals surface area contributed by atoms with Crippen LogP contribution in [0.25, 0.3) is 21.6 Å². The van der Waals surface area contributed by atoms with Crippen molar-refractivity contribution in [3.63, 3.8) is 0 Å². The van der Waals surface area contributed by atoms with Crippen molar-refractivity contribution in [3.05, 3.63) is 34.3 Å². The number of aromatic amines is 1. The van der Waals surface area contributed by atoms with E-state index in [1.54, 1.807) is 23.6 Å². The third-order valence-electron chi connectivity index (χ3n) is 3.58. The summed E-state index contributed by atoms with van der Waals surface area (Å²) in [6.45, 7) is 3.27. The summed E-state index contributed by atoms with van der Waals surface area (Å²) in [5.41, 5.74) is 3.40. The van der Waals surface area contributed by atoms with Crippen LogP contribution in [0.1, 0.15) is 22.4 Å². The molecule has 0 aliphatic rings. The van der Waals surface area contributed by atoms with E-state index in [0.29, 0.717) is 27.0 Å². The summed E-state index contributed by atoms with van der Waals surface area (Å²) in [5.74, 6) is -0.490. The Bertz CT molecular complexity index is 1160. The first kappa shape index (κ1) is 17.2. The zero-order valence-corrected chi connectivity index (χ0v) is 15.9. The quantitative estimate of drug-likeness (QED) is 0.484. The molecule has 0 atom stereocenters. The minimum absolute atomic E-state index is 0.183. The third-order valence-corrected chi connectivity index (χ3v) is 5.52. The molecule has 3 aromatic heterocycles. The predicted octanol–water partition coefficient (Wildman–Crippen LogP) is 3.06. The van der Waals surface area contributed by atoms with Gasteiger partial charge in [-0.3, -0.25) is 9.59 Å². The van der Waals surface area contributed by atoms with Crippen LogP contribution in [0.2, 0.25) is 0 Å². The second-order valence-corrected chi connectivity index (χ2v) is 7.49. The Balaban J connectivity index is 1.54. The normalized spacial score (nSPS) is 10.9. The lowest BCUT2D eigenvalue weighted by Crippen LogP contribution is -2.11. The van der Waals surface area contributed by atoms with Gasteiger partial charge in [0.05, 0.1) is 16.3 Å². The van der Waals surface area contributed by atoms with Crippen molar-refractivity contribution in [1.29, 1.82) is 0 Å². The number of carbonyl (C=O) groups is 2. The van der Waals surface area contributed by atoms with Crippen LogP contribution in [0.5, 0.6) is 0 Å². The van der Waals surface area contributed by atoms with Gasteiger partial charge in [0.2, 0.25) is 5.91 Å². The summed E-state index contributed by atoms with van der Waals surface area (Å²) < 4.78 is 0. The van der Waals surface area contributed by atoms with Crippen LogP contribution in [-0.4, -0.2) is 37.2 Å². The minimum Gasteiger partial charge on any atom is -0.320 e. The fraction of sp³-hybridized carbons (Fsp3) is 0.125. The molecule has 11 heteroatoms. The van der Waals surface area contributed by atoms with Gasteiger partial charge in [0.15, 0.2) is 10.1 Å². The summed E-state index contributed by atoms with van der Waals surface area (Å²) in [7, 11) is 0. The topological polar surface area (TPSA) is 126 Å². The molecule has 4 aromatic rings. The molecule has 1 aromatic carbocycles. The lowest BCUT2D eigenvalue weighted by molar-refractivity contribution is -0.114. The molecule has 2 amide bonds. The fourth-order valence-corrected chi connectivity index (χ4v) is 4.17. The maximum atomic E-state index is 12.5. The Morgan fingerprint density at radius 2 is 1.93 bits per heavy atom. The highest BCUT2D eigenvalue weighted by Crippen LogP contribution is 2.33. The molecule has 3 N–H and O–H groups in total. The highest BCUT2D eigenvalue weighted by molar-refractivity contribution is 7.19. The van der Waals surface area contributed by atoms with E-state index in [-0.39, 0.29) is 11.8 Å². The molecule has 0 unspecified atom stereocenters. The molecule has 3 heterocycles. The van der Waals surface area contributed by atoms with Gasteiger partial charge in [-0.2, -0.15) is 15.4 Å². The van der Waals surface area contributed by atoms with Crippen LogP contribution in [0, 0.1) is 6.92 Å². The van der Waals surface area contributed by atoms with Gasteiger partial charge in [0, 0.05) is 18.0 Å². The van der Waals surface area contributed by atoms with Crippen LogP contribution in [-0.2, 0) is 4.79 Å². The Kier molecular flexibility index (Phi) is 4.38. The van der Waals surface area contributed by atoms with Crippen LogP contribution in [0.3, 0.4) is 0 Å². The van der Waals surface area contributed by atoms with Crippen LogP contribution >= 0.6 is 22.7 Å². The molecular formula is C16H13N7O2S2. The second-order valence-electron chi connectivity index (χ2n) is 5.63. The molecule has 9 nitrogen and oxygen atoms in total. The van der Waals surface area contributed by atoms with Gasteiger partial charge in [0.1, 0.15) is 11.0 Å². The van der Waals surface area contributed by atoms with Gasteiger partial charge in [-0.05, 0) is 25.1 Å². The number of thiazole rings is 2. The SMILES string of the molecule is CC(=O)Nc1nc(C)c(-c2csc(C(=O)Nc3ccc4n[nH]nc4c3)n2)s1. The second kappa shape index (κ2) is 6.85. The van der Waals surface area contributed by atoms with E-state index in [2.05, 4.69) is 36.0 Å². The van der Waals surface area contributed by atoms with Crippen LogP contribution < -0.4 is 10.6 Å². The number of fused-ring (bicyclic) bond motifs is 1. The van der Waals surface area contributed by atoms with Crippen molar-refractivity contribution >= 4 is 56.3 Å². The Morgan fingerprint density at radius 1 is 1.11 bits per heavy atom. The lowest BCUT2D eigenvalue weighted by Gasteiger charge is -2.02. The van der Waals surface area contributed by atoms with Crippen LogP contribution in [0.15, 0.2) is 23.6 Å². The standard InChI is InChI=1S/C16H13N7O2S2/c1-7-13(27-16(17-7)18-8(2)24)12-6-26-15(20-12)14(25)19-9-3-4-10-11(5-9)22-23-21-10/h3-6H,1-2H3,(H,19,25)(H,17,18,24)(H,21,22,23). The van der Waals surface area contributed by atoms with Crippen molar-refractivity contribution in [2.75, 3.05) is 10.6 Å². The highest BCUT2D eigenvalue weighted by atomic mass is 32.1. The van der Waals surface area contributed by atoms with Crippen molar-refractivity contribution < 1.29 is 9.59 Å². The number of hydrogen-bond acceptors (Lipinski definition) is 8. The average molecular weight is 399 g/mol. The van der Waals surface area contributed by atoms with E-state index in [0.717, 1.165) is 16.1 Å². The van der Waals surface area contributed by atoms with Gasteiger partial charge in [-0.1, -0.05) is 11.3 Å². The molecule has 0 saturated carbocycles. The van der Waals surface area contributed by atoms with Crippen molar-refractivity contribution in [3.8, 4) is 10.6 Å². The fourth-order valence-electron chi connectivity index (χ4n) is 2.42. The highest BCUT2D eigenvalue weighted by Gasteiger charge is 2.17. The number of nitrogens with one attached hydrogen (secondary N) is 3. The number of benzene rings is 1. The summed E-state index contributed by atoms with van der Waals surface area (Å²) in [5, 5.41) is 18.6. The molecule has 0 spiro atoms. The maximum absolute atomic E-state index is 12.5. The lowest BCUT2D eigenvalue weighted by atomic mass is 10.3. The van der Waals surface area contributed by atoms with E-state index in [1.165, 1.54) is 29.6 Å². The minimum atomic E-state index is -0.307. The summed E-state index contributed by atoms with van der Waals surface area (Å²) in [6.07, 6.45) is 0. The first-order valence-corrected chi connectivity index (χ1v) is 9.52. The summed E-state index contributed by atoms with van der Waals surface area (Å²) >= 11 is 2.57. The molecular weight excluding hydrogens is 386 g/mol. The average Bonchev–Trinajstić information content (AvgIpc) is 3.33. The molecule has 0 radical (unpaired) electrons. The molecule has 0 aliphatic carbocycles. The summed E-state index contributed by atoms with van der Waals surface area (Å²) in [4.78, 5) is 33.2. The first-order chi connectivity index (χ1) is 13.0. The number of aromatic nitrogens is 5. The number of aryl methyl sites for hydroxylation is 1. The zero-order chi connectivity index (χ0) is 19.0. The summed E-state index contributed by atoms with van der Waals surface area (Å²) in [6, 6.07) is 5.26. The van der Waals surface area contributed by atoms with Crippen molar-refractivity contribution in [2.24, 2.45) is 0 Å². The molecule has 0 bridgehead atoms. The van der Waals surface area contributed by atoms with Gasteiger partial charge < -0.3 is 10.6 Å². The van der Waals surface area contributed by atoms with Crippen molar-refractivity contribution in [1.82, 2.24) is 25.4 Å².